The third kappa shape index (κ3) is 5.42. The van der Waals surface area contributed by atoms with Gasteiger partial charge >= 0.3 is 0 Å². The van der Waals surface area contributed by atoms with Crippen LogP contribution >= 0.6 is 0 Å². The molecule has 0 atom stereocenters. The van der Waals surface area contributed by atoms with Gasteiger partial charge in [-0.1, -0.05) is 25.0 Å². The second-order valence-corrected chi connectivity index (χ2v) is 2.78. The Morgan fingerprint density at radius 3 is 2.45 bits per heavy atom. The fourth-order valence-electron chi connectivity index (χ4n) is 0.748. The highest BCUT2D eigenvalue weighted by atomic mass is 14.2. The predicted molar refractivity (Wildman–Crippen MR) is 48.0 cm³/mol. The maximum absolute atomic E-state index is 8.64. The molecule has 0 aromatic rings. The molecular formula is C10H15N. The number of hydrogen-bond donors (Lipinski definition) is 0. The number of allylic oxidation sites excluding steroid dienone is 4. The maximum atomic E-state index is 8.64. The first kappa shape index (κ1) is 9.97. The van der Waals surface area contributed by atoms with Crippen LogP contribution in [0.3, 0.4) is 0 Å². The summed E-state index contributed by atoms with van der Waals surface area (Å²) in [5, 5.41) is 8.64. The Kier molecular flexibility index (Phi) is 5.20. The summed E-state index contributed by atoms with van der Waals surface area (Å²) in [6.45, 7) is 6.10. The van der Waals surface area contributed by atoms with Gasteiger partial charge in [-0.05, 0) is 26.3 Å². The summed E-state index contributed by atoms with van der Waals surface area (Å²) in [4.78, 5) is 0. The molecule has 0 saturated carbocycles. The Morgan fingerprint density at radius 1 is 1.45 bits per heavy atom. The third-order valence-electron chi connectivity index (χ3n) is 1.23. The molecule has 0 bridgehead atoms. The Labute approximate surface area is 69.0 Å². The van der Waals surface area contributed by atoms with Gasteiger partial charge in [-0.3, -0.25) is 0 Å². The molecular weight excluding hydrogens is 134 g/mol. The van der Waals surface area contributed by atoms with Crippen molar-refractivity contribution in [2.45, 2.75) is 33.6 Å². The van der Waals surface area contributed by atoms with Gasteiger partial charge in [-0.2, -0.15) is 5.26 Å². The fourth-order valence-corrected chi connectivity index (χ4v) is 0.748. The highest BCUT2D eigenvalue weighted by Gasteiger charge is 1.87. The molecule has 0 aromatic heterocycles. The lowest BCUT2D eigenvalue weighted by Crippen LogP contribution is -1.74. The van der Waals surface area contributed by atoms with Crippen LogP contribution in [0.15, 0.2) is 23.3 Å². The Bertz CT molecular complexity index is 199. The molecule has 0 amide bonds. The molecule has 0 rings (SSSR count). The van der Waals surface area contributed by atoms with Gasteiger partial charge in [0.25, 0.3) is 0 Å². The number of hydrogen-bond acceptors (Lipinski definition) is 1. The Morgan fingerprint density at radius 2 is 2.09 bits per heavy atom. The number of nitrogens with zero attached hydrogens (tertiary/aromatic N) is 1. The van der Waals surface area contributed by atoms with Crippen LogP contribution in [-0.4, -0.2) is 0 Å². The zero-order chi connectivity index (χ0) is 8.69. The van der Waals surface area contributed by atoms with Crippen molar-refractivity contribution >= 4 is 0 Å². The lowest BCUT2D eigenvalue weighted by molar-refractivity contribution is 0.955. The van der Waals surface area contributed by atoms with Gasteiger partial charge in [-0.25, -0.2) is 0 Å². The van der Waals surface area contributed by atoms with Crippen LogP contribution in [0.2, 0.25) is 0 Å². The quantitative estimate of drug-likeness (QED) is 0.446. The van der Waals surface area contributed by atoms with Crippen molar-refractivity contribution in [2.75, 3.05) is 0 Å². The molecule has 1 heteroatoms. The molecule has 0 aromatic carbocycles. The van der Waals surface area contributed by atoms with Gasteiger partial charge in [0.05, 0.1) is 6.07 Å². The van der Waals surface area contributed by atoms with Crippen LogP contribution in [0.5, 0.6) is 0 Å². The van der Waals surface area contributed by atoms with Gasteiger partial charge in [0, 0.05) is 5.57 Å². The summed E-state index contributed by atoms with van der Waals surface area (Å²) in [7, 11) is 0. The molecule has 0 radical (unpaired) electrons. The average molecular weight is 149 g/mol. The molecule has 1 nitrogen and oxygen atoms in total. The van der Waals surface area contributed by atoms with Crippen molar-refractivity contribution < 1.29 is 0 Å². The lowest BCUT2D eigenvalue weighted by atomic mass is 10.1. The van der Waals surface area contributed by atoms with E-state index in [0.717, 1.165) is 18.4 Å². The minimum absolute atomic E-state index is 0.784. The molecule has 0 unspecified atom stereocenters. The first-order valence-electron chi connectivity index (χ1n) is 3.95. The van der Waals surface area contributed by atoms with Crippen LogP contribution in [0, 0.1) is 11.3 Å². The van der Waals surface area contributed by atoms with E-state index in [4.69, 9.17) is 5.26 Å². The molecule has 0 N–H and O–H groups in total. The Balaban J connectivity index is 4.20. The maximum Gasteiger partial charge on any atom is 0.0988 e. The van der Waals surface area contributed by atoms with Crippen molar-refractivity contribution in [2.24, 2.45) is 0 Å². The largest absolute Gasteiger partial charge is 0.192 e. The van der Waals surface area contributed by atoms with E-state index in [2.05, 4.69) is 13.0 Å². The zero-order valence-corrected chi connectivity index (χ0v) is 7.52. The van der Waals surface area contributed by atoms with E-state index in [1.807, 2.05) is 26.0 Å². The molecule has 0 spiro atoms. The highest BCUT2D eigenvalue weighted by molar-refractivity contribution is 5.34. The molecule has 11 heavy (non-hydrogen) atoms. The predicted octanol–water partition coefficient (Wildman–Crippen LogP) is 3.20. The van der Waals surface area contributed by atoms with Crippen molar-refractivity contribution in [3.63, 3.8) is 0 Å². The normalized spacial score (nSPS) is 10.5. The molecule has 0 aliphatic carbocycles. The second-order valence-electron chi connectivity index (χ2n) is 2.78. The minimum atomic E-state index is 0.784. The highest BCUT2D eigenvalue weighted by Crippen LogP contribution is 2.02. The van der Waals surface area contributed by atoms with Crippen molar-refractivity contribution in [3.05, 3.63) is 23.3 Å². The van der Waals surface area contributed by atoms with Crippen LogP contribution in [-0.2, 0) is 0 Å². The minimum Gasteiger partial charge on any atom is -0.192 e. The van der Waals surface area contributed by atoms with Crippen molar-refractivity contribution in [3.8, 4) is 6.07 Å². The van der Waals surface area contributed by atoms with Crippen LogP contribution in [0.4, 0.5) is 0 Å². The third-order valence-corrected chi connectivity index (χ3v) is 1.23. The monoisotopic (exact) mass is 149 g/mol. The van der Waals surface area contributed by atoms with Gasteiger partial charge in [0.2, 0.25) is 0 Å². The van der Waals surface area contributed by atoms with Gasteiger partial charge in [0.1, 0.15) is 0 Å². The summed E-state index contributed by atoms with van der Waals surface area (Å²) in [5.41, 5.74) is 1.96. The van der Waals surface area contributed by atoms with E-state index in [9.17, 15) is 0 Å². The summed E-state index contributed by atoms with van der Waals surface area (Å²) < 4.78 is 0. The van der Waals surface area contributed by atoms with Crippen molar-refractivity contribution in [1.29, 1.82) is 5.26 Å². The van der Waals surface area contributed by atoms with Crippen LogP contribution < -0.4 is 0 Å². The average Bonchev–Trinajstić information content (AvgIpc) is 1.97. The SMILES string of the molecule is CCCC=C(C#N)C=C(C)C. The molecule has 0 saturated heterocycles. The second kappa shape index (κ2) is 5.73. The summed E-state index contributed by atoms with van der Waals surface area (Å²) >= 11 is 0. The molecule has 0 fully saturated rings. The molecule has 0 aliphatic rings. The summed E-state index contributed by atoms with van der Waals surface area (Å²) in [6, 6.07) is 2.15. The fraction of sp³-hybridized carbons (Fsp3) is 0.500. The molecule has 60 valence electrons. The van der Waals surface area contributed by atoms with E-state index in [-0.39, 0.29) is 0 Å². The number of unbranched alkanes of at least 4 members (excludes halogenated alkanes) is 1. The standard InChI is InChI=1S/C10H15N/c1-4-5-6-10(8-11)7-9(2)3/h6-7H,4-5H2,1-3H3. The number of nitriles is 1. The van der Waals surface area contributed by atoms with E-state index < -0.39 is 0 Å². The molecule has 0 heterocycles. The van der Waals surface area contributed by atoms with Crippen LogP contribution in [0.1, 0.15) is 33.6 Å². The van der Waals surface area contributed by atoms with E-state index >= 15 is 0 Å². The smallest absolute Gasteiger partial charge is 0.0988 e. The summed E-state index contributed by atoms with van der Waals surface area (Å²) in [6.07, 6.45) is 5.98. The van der Waals surface area contributed by atoms with E-state index in [0.29, 0.717) is 0 Å². The first-order valence-corrected chi connectivity index (χ1v) is 3.95. The first-order chi connectivity index (χ1) is 5.20. The summed E-state index contributed by atoms with van der Waals surface area (Å²) in [5.74, 6) is 0. The van der Waals surface area contributed by atoms with Gasteiger partial charge in [-0.15, -0.1) is 0 Å². The van der Waals surface area contributed by atoms with Gasteiger partial charge < -0.3 is 0 Å². The topological polar surface area (TPSA) is 23.8 Å². The number of rotatable bonds is 3. The van der Waals surface area contributed by atoms with Gasteiger partial charge in [0.15, 0.2) is 0 Å². The van der Waals surface area contributed by atoms with E-state index in [1.165, 1.54) is 5.57 Å². The van der Waals surface area contributed by atoms with Crippen LogP contribution in [0.25, 0.3) is 0 Å². The molecule has 0 aliphatic heterocycles. The Hall–Kier alpha value is -1.03. The zero-order valence-electron chi connectivity index (χ0n) is 7.52. The van der Waals surface area contributed by atoms with Crippen molar-refractivity contribution in [1.82, 2.24) is 0 Å². The lowest BCUT2D eigenvalue weighted by Gasteiger charge is -1.90. The van der Waals surface area contributed by atoms with E-state index in [1.54, 1.807) is 0 Å².